The molecule has 0 amide bonds. The first-order valence-electron chi connectivity index (χ1n) is 8.72. The van der Waals surface area contributed by atoms with Crippen LogP contribution in [0.15, 0.2) is 42.7 Å². The molecule has 0 aliphatic heterocycles. The first-order chi connectivity index (χ1) is 13.6. The van der Waals surface area contributed by atoms with Crippen molar-refractivity contribution in [1.82, 2.24) is 9.97 Å². The number of ether oxygens (including phenoxy) is 1. The number of aliphatic hydroxyl groups is 1. The average molecular weight is 411 g/mol. The third kappa shape index (κ3) is 5.22. The predicted octanol–water partition coefficient (Wildman–Crippen LogP) is 2.80. The quantitative estimate of drug-likeness (QED) is 0.640. The lowest BCUT2D eigenvalue weighted by molar-refractivity contribution is 0.143. The smallest absolute Gasteiger partial charge is 0.238 e. The zero-order chi connectivity index (χ0) is 21.2. The van der Waals surface area contributed by atoms with Gasteiger partial charge in [-0.05, 0) is 43.7 Å². The van der Waals surface area contributed by atoms with Crippen LogP contribution in [0, 0.1) is 11.8 Å². The van der Waals surface area contributed by atoms with Gasteiger partial charge >= 0.3 is 0 Å². The van der Waals surface area contributed by atoms with E-state index < -0.39 is 15.6 Å². The fourth-order valence-corrected chi connectivity index (χ4v) is 3.25. The first-order valence-corrected chi connectivity index (χ1v) is 10.6. The van der Waals surface area contributed by atoms with Crippen molar-refractivity contribution in [2.75, 3.05) is 18.1 Å². The van der Waals surface area contributed by atoms with Crippen LogP contribution in [0.1, 0.15) is 19.4 Å². The summed E-state index contributed by atoms with van der Waals surface area (Å²) in [5.41, 5.74) is 2.13. The topological polar surface area (TPSA) is 101 Å². The Hall–Kier alpha value is -3.15. The summed E-state index contributed by atoms with van der Waals surface area (Å²) < 4.78 is 30.9. The Morgan fingerprint density at radius 1 is 1.14 bits per heavy atom. The van der Waals surface area contributed by atoms with E-state index in [0.29, 0.717) is 5.56 Å². The van der Waals surface area contributed by atoms with Gasteiger partial charge in [0.25, 0.3) is 0 Å². The van der Waals surface area contributed by atoms with Gasteiger partial charge in [0.05, 0.1) is 18.9 Å². The van der Waals surface area contributed by atoms with Crippen LogP contribution in [0.2, 0.25) is 0 Å². The molecule has 0 saturated carbocycles. The molecule has 2 heterocycles. The molecule has 3 rings (SSSR count). The Morgan fingerprint density at radius 2 is 1.90 bits per heavy atom. The number of nitrogens with zero attached hydrogens (tertiary/aromatic N) is 2. The third-order valence-electron chi connectivity index (χ3n) is 3.92. The minimum atomic E-state index is -3.49. The summed E-state index contributed by atoms with van der Waals surface area (Å²) in [5, 5.41) is 10.7. The molecule has 8 heteroatoms. The van der Waals surface area contributed by atoms with Gasteiger partial charge in [0.15, 0.2) is 0 Å². The zero-order valence-electron chi connectivity index (χ0n) is 16.5. The second-order valence-electron chi connectivity index (χ2n) is 7.05. The Balaban J connectivity index is 2.13. The van der Waals surface area contributed by atoms with E-state index in [4.69, 9.17) is 4.74 Å². The highest BCUT2D eigenvalue weighted by Gasteiger charge is 2.13. The van der Waals surface area contributed by atoms with Crippen LogP contribution in [0.3, 0.4) is 0 Å². The lowest BCUT2D eigenvalue weighted by Crippen LogP contribution is -2.14. The molecule has 0 aliphatic rings. The summed E-state index contributed by atoms with van der Waals surface area (Å²) in [6, 6.07) is 9.08. The van der Waals surface area contributed by atoms with Crippen molar-refractivity contribution in [2.24, 2.45) is 0 Å². The lowest BCUT2D eigenvalue weighted by Gasteiger charge is -2.11. The molecule has 0 atom stereocenters. The number of rotatable bonds is 4. The van der Waals surface area contributed by atoms with Crippen LogP contribution in [-0.4, -0.2) is 42.5 Å². The molecule has 29 heavy (non-hydrogen) atoms. The number of pyridine rings is 2. The molecular weight excluding hydrogens is 390 g/mol. The lowest BCUT2D eigenvalue weighted by atomic mass is 10.0. The molecule has 150 valence electrons. The number of anilines is 1. The first kappa shape index (κ1) is 20.6. The van der Waals surface area contributed by atoms with E-state index in [9.17, 15) is 13.5 Å². The average Bonchev–Trinajstić information content (AvgIpc) is 2.64. The second kappa shape index (κ2) is 7.70. The van der Waals surface area contributed by atoms with Gasteiger partial charge in [-0.25, -0.2) is 13.4 Å². The Labute approximate surface area is 169 Å². The molecule has 2 N–H and O–H groups in total. The highest BCUT2D eigenvalue weighted by molar-refractivity contribution is 7.92. The summed E-state index contributed by atoms with van der Waals surface area (Å²) in [5.74, 6) is 5.99. The van der Waals surface area contributed by atoms with E-state index in [-0.39, 0.29) is 11.6 Å². The van der Waals surface area contributed by atoms with Crippen molar-refractivity contribution in [2.45, 2.75) is 19.4 Å². The number of aromatic nitrogens is 2. The van der Waals surface area contributed by atoms with E-state index in [1.165, 1.54) is 7.11 Å². The van der Waals surface area contributed by atoms with Crippen molar-refractivity contribution >= 4 is 26.6 Å². The van der Waals surface area contributed by atoms with Crippen LogP contribution in [0.25, 0.3) is 22.0 Å². The standard InChI is InChI=1S/C21H21N3O4S/c1-21(2,25)9-7-14-8-10-22-18-6-5-15(11-17(14)18)16-12-19(24-29(4,26)27)20(28-3)23-13-16/h5-6,8,10-13,24-25H,1-4H3. The van der Waals surface area contributed by atoms with Gasteiger partial charge in [0.1, 0.15) is 11.3 Å². The van der Waals surface area contributed by atoms with Crippen LogP contribution < -0.4 is 9.46 Å². The fourth-order valence-electron chi connectivity index (χ4n) is 2.70. The van der Waals surface area contributed by atoms with Gasteiger partial charge < -0.3 is 9.84 Å². The van der Waals surface area contributed by atoms with Gasteiger partial charge in [0.2, 0.25) is 15.9 Å². The van der Waals surface area contributed by atoms with Crippen molar-refractivity contribution in [3.63, 3.8) is 0 Å². The number of fused-ring (bicyclic) bond motifs is 1. The van der Waals surface area contributed by atoms with E-state index in [1.807, 2.05) is 18.2 Å². The van der Waals surface area contributed by atoms with Crippen LogP contribution in [0.4, 0.5) is 5.69 Å². The number of sulfonamides is 1. The summed E-state index contributed by atoms with van der Waals surface area (Å²) in [6.45, 7) is 3.24. The fraction of sp³-hybridized carbons (Fsp3) is 0.238. The van der Waals surface area contributed by atoms with E-state index in [0.717, 1.165) is 28.3 Å². The SMILES string of the molecule is COc1ncc(-c2ccc3nccc(C#CC(C)(C)O)c3c2)cc1NS(C)(=O)=O. The van der Waals surface area contributed by atoms with Crippen molar-refractivity contribution in [3.05, 3.63) is 48.3 Å². The molecule has 0 aliphatic carbocycles. The summed E-state index contributed by atoms with van der Waals surface area (Å²) in [7, 11) is -2.07. The highest BCUT2D eigenvalue weighted by atomic mass is 32.2. The minimum absolute atomic E-state index is 0.179. The molecule has 1 aromatic carbocycles. The third-order valence-corrected chi connectivity index (χ3v) is 4.51. The number of benzene rings is 1. The molecule has 3 aromatic rings. The zero-order valence-corrected chi connectivity index (χ0v) is 17.3. The van der Waals surface area contributed by atoms with E-state index in [2.05, 4.69) is 26.5 Å². The maximum atomic E-state index is 11.7. The molecule has 0 radical (unpaired) electrons. The minimum Gasteiger partial charge on any atom is -0.480 e. The molecule has 7 nitrogen and oxygen atoms in total. The maximum absolute atomic E-state index is 11.7. The van der Waals surface area contributed by atoms with Gasteiger partial charge in [0, 0.05) is 28.9 Å². The van der Waals surface area contributed by atoms with Crippen LogP contribution in [-0.2, 0) is 10.0 Å². The Morgan fingerprint density at radius 3 is 2.55 bits per heavy atom. The molecular formula is C21H21N3O4S. The van der Waals surface area contributed by atoms with Crippen molar-refractivity contribution in [1.29, 1.82) is 0 Å². The van der Waals surface area contributed by atoms with Gasteiger partial charge in [-0.2, -0.15) is 0 Å². The molecule has 2 aromatic heterocycles. The van der Waals surface area contributed by atoms with Crippen molar-refractivity contribution < 1.29 is 18.3 Å². The van der Waals surface area contributed by atoms with E-state index in [1.54, 1.807) is 38.4 Å². The number of hydrogen-bond acceptors (Lipinski definition) is 6. The Kier molecular flexibility index (Phi) is 5.46. The molecule has 0 spiro atoms. The molecule has 0 saturated heterocycles. The monoisotopic (exact) mass is 411 g/mol. The van der Waals surface area contributed by atoms with Gasteiger partial charge in [-0.3, -0.25) is 9.71 Å². The van der Waals surface area contributed by atoms with Gasteiger partial charge in [-0.1, -0.05) is 17.9 Å². The molecule has 0 bridgehead atoms. The summed E-state index contributed by atoms with van der Waals surface area (Å²) in [6.07, 6.45) is 4.33. The number of hydrogen-bond donors (Lipinski definition) is 2. The summed E-state index contributed by atoms with van der Waals surface area (Å²) in [4.78, 5) is 8.56. The molecule has 0 unspecified atom stereocenters. The maximum Gasteiger partial charge on any atom is 0.238 e. The Bertz CT molecular complexity index is 1240. The number of methoxy groups -OCH3 is 1. The van der Waals surface area contributed by atoms with E-state index >= 15 is 0 Å². The summed E-state index contributed by atoms with van der Waals surface area (Å²) >= 11 is 0. The normalized spacial score (nSPS) is 11.6. The number of nitrogens with one attached hydrogen (secondary N) is 1. The van der Waals surface area contributed by atoms with Crippen LogP contribution in [0.5, 0.6) is 5.88 Å². The largest absolute Gasteiger partial charge is 0.480 e. The molecule has 0 fully saturated rings. The van der Waals surface area contributed by atoms with Gasteiger partial charge in [-0.15, -0.1) is 0 Å². The predicted molar refractivity (Wildman–Crippen MR) is 113 cm³/mol. The highest BCUT2D eigenvalue weighted by Crippen LogP contribution is 2.31. The van der Waals surface area contributed by atoms with Crippen LogP contribution >= 0.6 is 0 Å². The van der Waals surface area contributed by atoms with Crippen molar-refractivity contribution in [3.8, 4) is 28.8 Å². The second-order valence-corrected chi connectivity index (χ2v) is 8.80.